The molecule has 2 aliphatic rings. The molecule has 2 bridgehead atoms. The van der Waals surface area contributed by atoms with Crippen molar-refractivity contribution in [3.63, 3.8) is 0 Å². The normalized spacial score (nSPS) is 29.1. The second kappa shape index (κ2) is 6.95. The largest absolute Gasteiger partial charge is 0.481 e. The molecule has 20 heavy (non-hydrogen) atoms. The van der Waals surface area contributed by atoms with Gasteiger partial charge in [-0.05, 0) is 49.9 Å². The Balaban J connectivity index is 1.51. The molecular weight excluding hydrogens is 256 g/mol. The Labute approximate surface area is 120 Å². The van der Waals surface area contributed by atoms with Crippen LogP contribution < -0.4 is 10.6 Å². The van der Waals surface area contributed by atoms with Gasteiger partial charge in [-0.3, -0.25) is 4.79 Å². The molecule has 4 unspecified atom stereocenters. The highest BCUT2D eigenvalue weighted by molar-refractivity contribution is 5.73. The van der Waals surface area contributed by atoms with Gasteiger partial charge in [0.2, 0.25) is 0 Å². The van der Waals surface area contributed by atoms with Gasteiger partial charge < -0.3 is 15.7 Å². The summed E-state index contributed by atoms with van der Waals surface area (Å²) in [7, 11) is 0. The van der Waals surface area contributed by atoms with Crippen LogP contribution in [-0.4, -0.2) is 30.2 Å². The second-order valence-electron chi connectivity index (χ2n) is 6.45. The fourth-order valence-corrected chi connectivity index (χ4v) is 3.65. The van der Waals surface area contributed by atoms with E-state index in [2.05, 4.69) is 10.6 Å². The minimum Gasteiger partial charge on any atom is -0.481 e. The topological polar surface area (TPSA) is 78.4 Å². The van der Waals surface area contributed by atoms with E-state index in [0.717, 1.165) is 18.4 Å². The first kappa shape index (κ1) is 15.1. The lowest BCUT2D eigenvalue weighted by atomic mass is 9.89. The Bertz CT molecular complexity index is 359. The molecule has 2 amide bonds. The Kier molecular flexibility index (Phi) is 5.26. The van der Waals surface area contributed by atoms with Crippen LogP contribution in [0.5, 0.6) is 0 Å². The maximum Gasteiger partial charge on any atom is 0.314 e. The number of carboxylic acid groups (broad SMARTS) is 1. The third-order valence-corrected chi connectivity index (χ3v) is 4.93. The molecule has 0 aliphatic heterocycles. The number of rotatable bonds is 7. The number of hydrogen-bond donors (Lipinski definition) is 3. The Hall–Kier alpha value is -1.26. The zero-order chi connectivity index (χ0) is 14.5. The molecule has 0 aromatic rings. The first-order chi connectivity index (χ1) is 9.56. The van der Waals surface area contributed by atoms with Crippen molar-refractivity contribution in [1.82, 2.24) is 10.6 Å². The number of fused-ring (bicyclic) bond motifs is 2. The molecule has 2 fully saturated rings. The van der Waals surface area contributed by atoms with Crippen LogP contribution in [0.2, 0.25) is 0 Å². The van der Waals surface area contributed by atoms with Crippen molar-refractivity contribution in [2.45, 2.75) is 45.4 Å². The summed E-state index contributed by atoms with van der Waals surface area (Å²) in [5.41, 5.74) is 0. The standard InChI is InChI=1S/C15H26N2O3/c1-10(14(18)19)3-2-6-16-15(20)17-9-13-8-11-4-5-12(13)7-11/h10-13H,2-9H2,1H3,(H,18,19)(H2,16,17,20). The van der Waals surface area contributed by atoms with Crippen molar-refractivity contribution in [2.24, 2.45) is 23.7 Å². The molecule has 0 heterocycles. The summed E-state index contributed by atoms with van der Waals surface area (Å²) in [5.74, 6) is 1.30. The lowest BCUT2D eigenvalue weighted by Crippen LogP contribution is -2.39. The number of aliphatic carboxylic acids is 1. The highest BCUT2D eigenvalue weighted by atomic mass is 16.4. The third-order valence-electron chi connectivity index (χ3n) is 4.93. The summed E-state index contributed by atoms with van der Waals surface area (Å²) in [5, 5.41) is 14.5. The summed E-state index contributed by atoms with van der Waals surface area (Å²) < 4.78 is 0. The maximum absolute atomic E-state index is 11.6. The number of carbonyl (C=O) groups is 2. The zero-order valence-corrected chi connectivity index (χ0v) is 12.2. The summed E-state index contributed by atoms with van der Waals surface area (Å²) >= 11 is 0. The quantitative estimate of drug-likeness (QED) is 0.626. The van der Waals surface area contributed by atoms with Gasteiger partial charge in [-0.15, -0.1) is 0 Å². The van der Waals surface area contributed by atoms with Crippen LogP contribution in [0.25, 0.3) is 0 Å². The molecule has 0 radical (unpaired) electrons. The van der Waals surface area contributed by atoms with Crippen LogP contribution in [0.4, 0.5) is 4.79 Å². The third kappa shape index (κ3) is 4.12. The fraction of sp³-hybridized carbons (Fsp3) is 0.867. The molecule has 2 rings (SSSR count). The van der Waals surface area contributed by atoms with Crippen LogP contribution in [0.15, 0.2) is 0 Å². The Morgan fingerprint density at radius 3 is 2.65 bits per heavy atom. The second-order valence-corrected chi connectivity index (χ2v) is 6.45. The van der Waals surface area contributed by atoms with Gasteiger partial charge in [-0.1, -0.05) is 13.3 Å². The molecule has 4 atom stereocenters. The Morgan fingerprint density at radius 2 is 2.05 bits per heavy atom. The highest BCUT2D eigenvalue weighted by Gasteiger charge is 2.39. The van der Waals surface area contributed by atoms with E-state index in [9.17, 15) is 9.59 Å². The van der Waals surface area contributed by atoms with E-state index in [1.807, 2.05) is 0 Å². The van der Waals surface area contributed by atoms with Crippen molar-refractivity contribution >= 4 is 12.0 Å². The van der Waals surface area contributed by atoms with E-state index >= 15 is 0 Å². The molecular formula is C15H26N2O3. The average molecular weight is 282 g/mol. The molecule has 5 nitrogen and oxygen atoms in total. The summed E-state index contributed by atoms with van der Waals surface area (Å²) in [6, 6.07) is -0.115. The van der Waals surface area contributed by atoms with Crippen molar-refractivity contribution < 1.29 is 14.7 Å². The number of carbonyl (C=O) groups excluding carboxylic acids is 1. The van der Waals surface area contributed by atoms with E-state index in [0.29, 0.717) is 25.3 Å². The molecule has 114 valence electrons. The number of carboxylic acids is 1. The maximum atomic E-state index is 11.6. The summed E-state index contributed by atoms with van der Waals surface area (Å²) in [6.45, 7) is 3.02. The highest BCUT2D eigenvalue weighted by Crippen LogP contribution is 2.47. The van der Waals surface area contributed by atoms with Crippen LogP contribution in [0.3, 0.4) is 0 Å². The smallest absolute Gasteiger partial charge is 0.314 e. The molecule has 0 saturated heterocycles. The molecule has 0 aromatic heterocycles. The lowest BCUT2D eigenvalue weighted by molar-refractivity contribution is -0.141. The van der Waals surface area contributed by atoms with E-state index < -0.39 is 5.97 Å². The van der Waals surface area contributed by atoms with Gasteiger partial charge >= 0.3 is 12.0 Å². The molecule has 0 spiro atoms. The molecule has 3 N–H and O–H groups in total. The molecule has 0 aromatic carbocycles. The molecule has 5 heteroatoms. The first-order valence-corrected chi connectivity index (χ1v) is 7.80. The zero-order valence-electron chi connectivity index (χ0n) is 12.2. The monoisotopic (exact) mass is 282 g/mol. The van der Waals surface area contributed by atoms with Crippen molar-refractivity contribution in [2.75, 3.05) is 13.1 Å². The van der Waals surface area contributed by atoms with Crippen LogP contribution in [-0.2, 0) is 4.79 Å². The number of hydrogen-bond acceptors (Lipinski definition) is 2. The van der Waals surface area contributed by atoms with E-state index in [1.54, 1.807) is 6.92 Å². The van der Waals surface area contributed by atoms with Gasteiger partial charge in [0.25, 0.3) is 0 Å². The average Bonchev–Trinajstić information content (AvgIpc) is 3.03. The fourth-order valence-electron chi connectivity index (χ4n) is 3.65. The molecule has 2 aliphatic carbocycles. The SMILES string of the molecule is CC(CCCNC(=O)NCC1CC2CCC1C2)C(=O)O. The first-order valence-electron chi connectivity index (χ1n) is 7.80. The van der Waals surface area contributed by atoms with Crippen molar-refractivity contribution in [1.29, 1.82) is 0 Å². The van der Waals surface area contributed by atoms with E-state index in [1.165, 1.54) is 25.7 Å². The predicted molar refractivity (Wildman–Crippen MR) is 76.4 cm³/mol. The van der Waals surface area contributed by atoms with Gasteiger partial charge in [0.15, 0.2) is 0 Å². The van der Waals surface area contributed by atoms with Crippen LogP contribution in [0, 0.1) is 23.7 Å². The minimum absolute atomic E-state index is 0.115. The van der Waals surface area contributed by atoms with Crippen molar-refractivity contribution in [3.8, 4) is 0 Å². The lowest BCUT2D eigenvalue weighted by Gasteiger charge is -2.21. The summed E-state index contributed by atoms with van der Waals surface area (Å²) in [4.78, 5) is 22.3. The van der Waals surface area contributed by atoms with Gasteiger partial charge in [-0.25, -0.2) is 4.79 Å². The predicted octanol–water partition coefficient (Wildman–Crippen LogP) is 2.22. The van der Waals surface area contributed by atoms with Gasteiger partial charge in [0, 0.05) is 13.1 Å². The minimum atomic E-state index is -0.772. The van der Waals surface area contributed by atoms with E-state index in [4.69, 9.17) is 5.11 Å². The van der Waals surface area contributed by atoms with Gasteiger partial charge in [0.05, 0.1) is 5.92 Å². The van der Waals surface area contributed by atoms with Crippen LogP contribution in [0.1, 0.15) is 45.4 Å². The van der Waals surface area contributed by atoms with Crippen molar-refractivity contribution in [3.05, 3.63) is 0 Å². The van der Waals surface area contributed by atoms with Gasteiger partial charge in [0.1, 0.15) is 0 Å². The molecule has 2 saturated carbocycles. The van der Waals surface area contributed by atoms with E-state index in [-0.39, 0.29) is 11.9 Å². The number of amides is 2. The van der Waals surface area contributed by atoms with Gasteiger partial charge in [-0.2, -0.15) is 0 Å². The summed E-state index contributed by atoms with van der Waals surface area (Å²) in [6.07, 6.45) is 6.67. The Morgan fingerprint density at radius 1 is 1.25 bits per heavy atom. The number of nitrogens with one attached hydrogen (secondary N) is 2. The van der Waals surface area contributed by atoms with Crippen LogP contribution >= 0.6 is 0 Å². The number of urea groups is 1.